The summed E-state index contributed by atoms with van der Waals surface area (Å²) < 4.78 is 116. The summed E-state index contributed by atoms with van der Waals surface area (Å²) in [5.74, 6) is -3.27. The van der Waals surface area contributed by atoms with E-state index in [9.17, 15) is 68.4 Å². The molecule has 0 aromatic heterocycles. The van der Waals surface area contributed by atoms with Crippen molar-refractivity contribution in [1.29, 1.82) is 42.1 Å². The second kappa shape index (κ2) is 12.5. The maximum absolute atomic E-state index is 17.2. The minimum Gasteiger partial charge on any atom is -0.206 e. The largest absolute Gasteiger partial charge is 0.417 e. The van der Waals surface area contributed by atoms with Gasteiger partial charge in [0.05, 0.1) is 45.5 Å². The van der Waals surface area contributed by atoms with Gasteiger partial charge in [-0.3, -0.25) is 0 Å². The smallest absolute Gasteiger partial charge is 0.206 e. The number of alkyl halides is 6. The molecule has 2 aliphatic carbocycles. The van der Waals surface area contributed by atoms with Gasteiger partial charge in [-0.25, -0.2) is 8.78 Å². The van der Waals surface area contributed by atoms with E-state index in [1.165, 1.54) is 36.4 Å². The van der Waals surface area contributed by atoms with Crippen LogP contribution in [0.25, 0.3) is 33.4 Å². The maximum Gasteiger partial charge on any atom is 0.417 e. The van der Waals surface area contributed by atoms with Gasteiger partial charge in [-0.2, -0.15) is 68.4 Å². The van der Waals surface area contributed by atoms with Gasteiger partial charge in [0, 0.05) is 44.5 Å². The third-order valence-electron chi connectivity index (χ3n) is 8.02. The van der Waals surface area contributed by atoms with Gasteiger partial charge in [-0.05, 0) is 35.4 Å². The van der Waals surface area contributed by atoms with Crippen molar-refractivity contribution in [1.82, 2.24) is 0 Å². The molecule has 0 unspecified atom stereocenters. The number of allylic oxidation sites excluding steroid dienone is 8. The van der Waals surface area contributed by atoms with Crippen molar-refractivity contribution in [3.05, 3.63) is 115 Å². The number of fused-ring (bicyclic) bond motifs is 2. The number of halogens is 8. The lowest BCUT2D eigenvalue weighted by molar-refractivity contribution is -0.138. The van der Waals surface area contributed by atoms with Crippen LogP contribution in [0.1, 0.15) is 55.6 Å². The van der Waals surface area contributed by atoms with Crippen LogP contribution < -0.4 is 0 Å². The van der Waals surface area contributed by atoms with Crippen LogP contribution in [-0.4, -0.2) is 0 Å². The van der Waals surface area contributed by atoms with Crippen molar-refractivity contribution >= 4 is 33.4 Å². The van der Waals surface area contributed by atoms with E-state index in [1.807, 2.05) is 0 Å². The monoisotopic (exact) mass is 702 g/mol. The van der Waals surface area contributed by atoms with Crippen LogP contribution in [0.2, 0.25) is 0 Å². The fourth-order valence-electron chi connectivity index (χ4n) is 6.03. The summed E-state index contributed by atoms with van der Waals surface area (Å²) in [6.45, 7) is 0. The van der Waals surface area contributed by atoms with Crippen molar-refractivity contribution in [3.63, 3.8) is 0 Å². The third-order valence-corrected chi connectivity index (χ3v) is 8.02. The van der Waals surface area contributed by atoms with Crippen molar-refractivity contribution in [2.45, 2.75) is 12.4 Å². The fraction of sp³-hybridized carbons (Fsp3) is 0.0556. The van der Waals surface area contributed by atoms with Gasteiger partial charge in [-0.15, -0.1) is 0 Å². The molecule has 0 amide bonds. The van der Waals surface area contributed by atoms with Gasteiger partial charge in [-0.1, -0.05) is 12.1 Å². The Morgan fingerprint density at radius 2 is 0.788 bits per heavy atom. The van der Waals surface area contributed by atoms with E-state index in [0.29, 0.717) is 24.3 Å². The molecule has 246 valence electrons. The Balaban J connectivity index is 2.00. The van der Waals surface area contributed by atoms with Crippen LogP contribution in [0.3, 0.4) is 0 Å². The highest BCUT2D eigenvalue weighted by atomic mass is 19.4. The lowest BCUT2D eigenvalue weighted by atomic mass is 9.87. The Morgan fingerprint density at radius 1 is 0.462 bits per heavy atom. The molecule has 0 radical (unpaired) electrons. The van der Waals surface area contributed by atoms with Crippen molar-refractivity contribution in [3.8, 4) is 48.6 Å². The summed E-state index contributed by atoms with van der Waals surface area (Å²) in [5, 5.41) is 78.9. The zero-order valence-corrected chi connectivity index (χ0v) is 25.1. The Bertz CT molecular complexity index is 2490. The number of hydrogen-bond donors (Lipinski definition) is 0. The number of nitrogens with zero attached hydrogens (tertiary/aromatic N) is 8. The molecule has 5 rings (SSSR count). The molecule has 0 saturated heterocycles. The number of nitriles is 8. The van der Waals surface area contributed by atoms with E-state index in [1.54, 1.807) is 12.1 Å². The summed E-state index contributed by atoms with van der Waals surface area (Å²) >= 11 is 0. The highest BCUT2D eigenvalue weighted by molar-refractivity contribution is 6.30. The summed E-state index contributed by atoms with van der Waals surface area (Å²) in [6.07, 6.45) is -10.1. The van der Waals surface area contributed by atoms with Gasteiger partial charge in [0.1, 0.15) is 59.2 Å². The van der Waals surface area contributed by atoms with E-state index in [4.69, 9.17) is 0 Å². The van der Waals surface area contributed by atoms with Crippen LogP contribution in [-0.2, 0) is 12.4 Å². The number of hydrogen-bond acceptors (Lipinski definition) is 8. The third kappa shape index (κ3) is 5.06. The lowest BCUT2D eigenvalue weighted by Gasteiger charge is -2.15. The van der Waals surface area contributed by atoms with E-state index >= 15 is 8.78 Å². The van der Waals surface area contributed by atoms with Crippen LogP contribution >= 0.6 is 0 Å². The molecule has 3 aromatic rings. The molecule has 16 heteroatoms. The van der Waals surface area contributed by atoms with Crippen LogP contribution in [0, 0.1) is 102 Å². The summed E-state index contributed by atoms with van der Waals surface area (Å²) in [7, 11) is 0. The Kier molecular flexibility index (Phi) is 8.45. The first-order valence-corrected chi connectivity index (χ1v) is 13.8. The minimum atomic E-state index is -5.04. The minimum absolute atomic E-state index is 0.428. The Hall–Kier alpha value is -8.02. The van der Waals surface area contributed by atoms with Gasteiger partial charge in [0.2, 0.25) is 0 Å². The topological polar surface area (TPSA) is 190 Å². The average Bonchev–Trinajstić information content (AvgIpc) is 3.65. The quantitative estimate of drug-likeness (QED) is 0.188. The zero-order valence-electron chi connectivity index (χ0n) is 25.1. The first-order valence-electron chi connectivity index (χ1n) is 13.8. The van der Waals surface area contributed by atoms with Gasteiger partial charge < -0.3 is 0 Å². The first kappa shape index (κ1) is 35.3. The number of rotatable bonds is 2. The lowest BCUT2D eigenvalue weighted by Crippen LogP contribution is -2.08. The maximum atomic E-state index is 17.2. The van der Waals surface area contributed by atoms with Crippen molar-refractivity contribution < 1.29 is 35.1 Å². The highest BCUT2D eigenvalue weighted by Gasteiger charge is 2.45. The van der Waals surface area contributed by atoms with Gasteiger partial charge in [0.25, 0.3) is 0 Å². The van der Waals surface area contributed by atoms with E-state index in [2.05, 4.69) is 0 Å². The Labute approximate surface area is 286 Å². The molecule has 8 nitrogen and oxygen atoms in total. The second-order valence-corrected chi connectivity index (χ2v) is 10.5. The van der Waals surface area contributed by atoms with Crippen LogP contribution in [0.4, 0.5) is 35.1 Å². The molecule has 0 atom stereocenters. The van der Waals surface area contributed by atoms with E-state index in [0.717, 1.165) is 12.1 Å². The summed E-state index contributed by atoms with van der Waals surface area (Å²) in [4.78, 5) is 0. The SMILES string of the molecule is N#CC(C#N)=C1C(c2ccc(C(F)(F)F)c(C#N)c2)=C(C#N)c2c(F)c3c(c(F)c21)C(=C(C#N)C#N)C(c1ccc(C(F)(F)F)c(C#N)c1)=C3C#N. The predicted octanol–water partition coefficient (Wildman–Crippen LogP) is 8.24. The Morgan fingerprint density at radius 3 is 1.06 bits per heavy atom. The summed E-state index contributed by atoms with van der Waals surface area (Å²) in [5.41, 5.74) is -16.5. The average molecular weight is 702 g/mol. The molecule has 0 aliphatic heterocycles. The molecule has 0 N–H and O–H groups in total. The van der Waals surface area contributed by atoms with Crippen molar-refractivity contribution in [2.75, 3.05) is 0 Å². The molecule has 0 heterocycles. The van der Waals surface area contributed by atoms with E-state index < -0.39 is 124 Å². The summed E-state index contributed by atoms with van der Waals surface area (Å²) in [6, 6.07) is 15.1. The molecule has 2 aliphatic rings. The molecular formula is C36H6F8N8. The van der Waals surface area contributed by atoms with E-state index in [-0.39, 0.29) is 0 Å². The molecule has 0 spiro atoms. The molecule has 3 aromatic carbocycles. The molecule has 0 bridgehead atoms. The fourth-order valence-corrected chi connectivity index (χ4v) is 6.03. The zero-order chi connectivity index (χ0) is 38.4. The van der Waals surface area contributed by atoms with Gasteiger partial charge >= 0.3 is 12.4 Å². The number of benzene rings is 3. The van der Waals surface area contributed by atoms with Gasteiger partial charge in [0.15, 0.2) is 0 Å². The standard InChI is InChI=1S/C36H6F8N8/c37-33-29-21(13-51)25(15-1-3-23(35(39,40)41)17(5-15)7-45)27(19(9-47)10-48)31(29)34(38)32-28(20(11-49)12-50)26(22(14-52)30(32)33)16-2-4-24(36(42,43)44)18(6-16)8-46/h1-6H. The molecule has 0 saturated carbocycles. The second-order valence-electron chi connectivity index (χ2n) is 10.5. The molecule has 52 heavy (non-hydrogen) atoms. The molecular weight excluding hydrogens is 696 g/mol. The van der Waals surface area contributed by atoms with Crippen molar-refractivity contribution in [2.24, 2.45) is 0 Å². The predicted molar refractivity (Wildman–Crippen MR) is 160 cm³/mol. The molecule has 0 fully saturated rings. The van der Waals surface area contributed by atoms with Crippen LogP contribution in [0.15, 0.2) is 47.5 Å². The highest BCUT2D eigenvalue weighted by Crippen LogP contribution is 2.57. The normalized spacial score (nSPS) is 13.0. The first-order chi connectivity index (χ1) is 24.6. The van der Waals surface area contributed by atoms with Crippen LogP contribution in [0.5, 0.6) is 0 Å².